The Morgan fingerprint density at radius 3 is 1.58 bits per heavy atom. The minimum Gasteiger partial charge on any atom is -1.00 e. The van der Waals surface area contributed by atoms with Crippen LogP contribution >= 0.6 is 79.1 Å². The molecule has 0 saturated carbocycles. The maximum Gasteiger partial charge on any atom is 0.417 e. The van der Waals surface area contributed by atoms with Crippen LogP contribution in [0.3, 0.4) is 0 Å². The summed E-state index contributed by atoms with van der Waals surface area (Å²) < 4.78 is 99.5. The summed E-state index contributed by atoms with van der Waals surface area (Å²) in [7, 11) is 3.91. The molecule has 0 amide bonds. The molecule has 400 valence electrons. The van der Waals surface area contributed by atoms with Crippen LogP contribution in [0.5, 0.6) is 23.0 Å². The highest BCUT2D eigenvalue weighted by Gasteiger charge is 2.35. The number of aliphatic hydroxyl groups excluding tert-OH is 1. The molecule has 2 aliphatic rings. The van der Waals surface area contributed by atoms with Gasteiger partial charge in [0.15, 0.2) is 52.3 Å². The van der Waals surface area contributed by atoms with E-state index in [4.69, 9.17) is 24.1 Å². The van der Waals surface area contributed by atoms with Crippen LogP contribution < -0.4 is 40.5 Å². The number of alkyl halides is 9. The molecule has 5 aromatic rings. The Kier molecular flexibility index (Phi) is 29.0. The maximum absolute atomic E-state index is 13.0. The molecule has 2 aliphatic heterocycles. The number of hydrogen-bond donors (Lipinski definition) is 1. The van der Waals surface area contributed by atoms with E-state index in [2.05, 4.69) is 98.6 Å². The molecule has 11 nitrogen and oxygen atoms in total. The molecule has 0 aliphatic carbocycles. The number of aryl methyl sites for hydroxylation is 1. The fraction of sp³-hybridized carbons (Fsp3) is 0.392. The Morgan fingerprint density at radius 2 is 1.15 bits per heavy atom. The van der Waals surface area contributed by atoms with Crippen LogP contribution in [0.1, 0.15) is 103 Å². The van der Waals surface area contributed by atoms with Gasteiger partial charge < -0.3 is 45.9 Å². The van der Waals surface area contributed by atoms with Crippen LogP contribution in [-0.4, -0.2) is 86.8 Å². The first kappa shape index (κ1) is 65.7. The van der Waals surface area contributed by atoms with E-state index < -0.39 is 34.8 Å². The Bertz CT molecular complexity index is 2560. The Balaban J connectivity index is 0.000000337. The van der Waals surface area contributed by atoms with Gasteiger partial charge in [-0.25, -0.2) is 0 Å². The number of thiazole rings is 1. The first-order valence-electron chi connectivity index (χ1n) is 22.4. The number of carbonyl (C=O) groups excluding carboxylic acids is 4. The predicted molar refractivity (Wildman–Crippen MR) is 289 cm³/mol. The number of rotatable bonds is 14. The first-order chi connectivity index (χ1) is 33.9. The zero-order chi connectivity index (χ0) is 53.6. The van der Waals surface area contributed by atoms with Crippen molar-refractivity contribution in [3.05, 3.63) is 134 Å². The minimum atomic E-state index is -4.62. The second kappa shape index (κ2) is 32.2. The zero-order valence-electron chi connectivity index (χ0n) is 40.5. The van der Waals surface area contributed by atoms with E-state index in [-0.39, 0.29) is 59.8 Å². The Morgan fingerprint density at radius 1 is 0.699 bits per heavy atom. The number of ketones is 3. The van der Waals surface area contributed by atoms with Gasteiger partial charge in [0.25, 0.3) is 0 Å². The van der Waals surface area contributed by atoms with Crippen molar-refractivity contribution >= 4 is 103 Å². The molecular weight excluding hydrogens is 1390 g/mol. The zero-order valence-corrected chi connectivity index (χ0v) is 49.4. The number of halogens is 10. The second-order valence-electron chi connectivity index (χ2n) is 15.7. The molecule has 3 heterocycles. The summed E-state index contributed by atoms with van der Waals surface area (Å²) in [5.41, 5.74) is 1.80. The monoisotopic (exact) mass is 1450 g/mol. The Hall–Kier alpha value is -3.44. The minimum absolute atomic E-state index is 0. The molecule has 0 fully saturated rings. The molecule has 7 rings (SSSR count). The number of hydrogen-bond acceptors (Lipinski definition) is 11. The molecule has 1 aromatic heterocycles. The number of fused-ring (bicyclic) bond motifs is 2. The van der Waals surface area contributed by atoms with Crippen molar-refractivity contribution in [3.63, 3.8) is 0 Å². The van der Waals surface area contributed by atoms with Crippen LogP contribution in [0.25, 0.3) is 0 Å². The van der Waals surface area contributed by atoms with Gasteiger partial charge in [-0.05, 0) is 76.0 Å². The summed E-state index contributed by atoms with van der Waals surface area (Å²) in [6.45, 7) is 10.4. The summed E-state index contributed by atoms with van der Waals surface area (Å²) in [5, 5.41) is 8.72. The van der Waals surface area contributed by atoms with E-state index in [1.807, 2.05) is 19.0 Å². The van der Waals surface area contributed by atoms with Gasteiger partial charge in [-0.2, -0.15) is 30.9 Å². The summed E-state index contributed by atoms with van der Waals surface area (Å²) in [6.07, 6.45) is -6.82. The lowest BCUT2D eigenvalue weighted by Crippen LogP contribution is -3.00. The third kappa shape index (κ3) is 22.7. The number of ether oxygens (including phenoxy) is 4. The van der Waals surface area contributed by atoms with Crippen molar-refractivity contribution < 1.29 is 91.1 Å². The number of aliphatic hydroxyl groups is 1. The first-order valence-corrected chi connectivity index (χ1v) is 26.5. The lowest BCUT2D eigenvalue weighted by Gasteiger charge is -2.18. The van der Waals surface area contributed by atoms with Gasteiger partial charge in [0.2, 0.25) is 5.51 Å². The molecule has 0 saturated heterocycles. The van der Waals surface area contributed by atoms with Crippen molar-refractivity contribution in [3.8, 4) is 23.0 Å². The molecule has 4 aromatic carbocycles. The topological polar surface area (TPSA) is 133 Å². The molecule has 0 radical (unpaired) electrons. The molecule has 0 unspecified atom stereocenters. The maximum atomic E-state index is 13.0. The van der Waals surface area contributed by atoms with Crippen molar-refractivity contribution in [2.45, 2.75) is 71.2 Å². The lowest BCUT2D eigenvalue weighted by atomic mass is 9.97. The second-order valence-corrected chi connectivity index (χ2v) is 28.4. The number of Topliss-reactive ketones (excluding diaryl/α,β-unsaturated/α-hetero) is 3. The fourth-order valence-corrected chi connectivity index (χ4v) is 7.40. The van der Waals surface area contributed by atoms with Crippen LogP contribution in [0.4, 0.5) is 26.3 Å². The summed E-state index contributed by atoms with van der Waals surface area (Å²) in [6, 6.07) is 19.3. The van der Waals surface area contributed by atoms with Crippen molar-refractivity contribution in [2.24, 2.45) is 0 Å². The third-order valence-electron chi connectivity index (χ3n) is 10.3. The van der Waals surface area contributed by atoms with Crippen LogP contribution in [0.2, 0.25) is 0 Å². The van der Waals surface area contributed by atoms with Gasteiger partial charge >= 0.3 is 12.4 Å². The number of carbonyl (C=O) groups is 4. The van der Waals surface area contributed by atoms with Crippen molar-refractivity contribution in [1.82, 2.24) is 4.90 Å². The van der Waals surface area contributed by atoms with E-state index in [0.717, 1.165) is 49.5 Å². The highest BCUT2D eigenvalue weighted by molar-refractivity contribution is 14.3. The van der Waals surface area contributed by atoms with E-state index in [1.54, 1.807) is 41.7 Å². The van der Waals surface area contributed by atoms with Crippen molar-refractivity contribution in [1.29, 1.82) is 0 Å². The molecule has 1 N–H and O–H groups in total. The number of aldehydes is 1. The average Bonchev–Trinajstić information content (AvgIpc) is 3.72. The Labute approximate surface area is 476 Å². The molecule has 22 heteroatoms. The molecule has 0 spiro atoms. The van der Waals surface area contributed by atoms with Crippen LogP contribution in [0, 0.1) is 6.92 Å². The van der Waals surface area contributed by atoms with Gasteiger partial charge in [0.05, 0.1) is 16.0 Å². The van der Waals surface area contributed by atoms with E-state index in [9.17, 15) is 45.5 Å². The smallest absolute Gasteiger partial charge is 0.417 e. The summed E-state index contributed by atoms with van der Waals surface area (Å²) in [5.74, 6) is 1.44. The fourth-order valence-electron chi connectivity index (χ4n) is 6.35. The number of aromatic nitrogens is 1. The standard InChI is InChI=1S/C19H15F3O4.C13H17NO3.C8H5F3O.C8H14NOS.C3H5I3.BrH/c20-19(21,22)14-4-2-1-3-13(14)16(24)7-6-15(23)12-5-8-17-18(11-12)26-10-9-25-17;1-14(2)6-5-11(15)10-3-4-12-13(9-10)17-8-7-16-12;9-8(10,11)7-4-2-1-3-6(7)5-12;1-3-9-6-11-8(4-5-10)7(9)2;1-2-3(4,5)6;/h1-5,8,11H,6-7,9-10H2;3-4,9H,5-8H2,1-2H3;1-5H;6,10H,3-5H2,1-2H3;2H2,1H3;1H/q;;;+1;;/p-1. The van der Waals surface area contributed by atoms with E-state index in [0.29, 0.717) is 60.7 Å². The largest absolute Gasteiger partial charge is 1.00 e. The predicted octanol–water partition coefficient (Wildman–Crippen LogP) is 9.69. The summed E-state index contributed by atoms with van der Waals surface area (Å²) >= 11 is 8.97. The third-order valence-corrected chi connectivity index (χ3v) is 13.7. The highest BCUT2D eigenvalue weighted by atomic mass is 127. The molecule has 73 heavy (non-hydrogen) atoms. The van der Waals surface area contributed by atoms with Crippen LogP contribution in [-0.2, 0) is 25.3 Å². The quantitative estimate of drug-likeness (QED) is 0.0286. The molecule has 0 bridgehead atoms. The molecule has 0 atom stereocenters. The van der Waals surface area contributed by atoms with Gasteiger partial charge in [0.1, 0.15) is 32.4 Å². The van der Waals surface area contributed by atoms with Gasteiger partial charge in [0, 0.05) is 68.0 Å². The van der Waals surface area contributed by atoms with Crippen molar-refractivity contribution in [2.75, 3.05) is 53.7 Å². The van der Waals surface area contributed by atoms with Gasteiger partial charge in [-0.15, -0.1) is 0 Å². The number of nitrogens with zero attached hydrogens (tertiary/aromatic N) is 2. The SMILES string of the molecule is CCC(I)(I)I.CC[n+]1csc(CCO)c1C.CN(C)CCC(=O)c1ccc2c(c1)OCCO2.O=C(CCC(=O)c1ccccc1C(F)(F)F)c1ccc2c(c1)OCCO2.O=Cc1ccccc1C(F)(F)F.[Br-]. The van der Waals surface area contributed by atoms with Gasteiger partial charge in [-0.3, -0.25) is 19.2 Å². The highest BCUT2D eigenvalue weighted by Crippen LogP contribution is 2.38. The lowest BCUT2D eigenvalue weighted by molar-refractivity contribution is -0.694. The average molecular weight is 1450 g/mol. The normalized spacial score (nSPS) is 12.4. The summed E-state index contributed by atoms with van der Waals surface area (Å²) in [4.78, 5) is 49.8. The van der Waals surface area contributed by atoms with Crippen LogP contribution in [0.15, 0.2) is 90.4 Å². The van der Waals surface area contributed by atoms with E-state index in [1.165, 1.54) is 47.3 Å². The van der Waals surface area contributed by atoms with E-state index >= 15 is 0 Å². The number of benzene rings is 4. The molecular formula is C51H56BrF6I3N2O9S. The van der Waals surface area contributed by atoms with Gasteiger partial charge in [-0.1, -0.05) is 122 Å².